The fourth-order valence-electron chi connectivity index (χ4n) is 4.35. The van der Waals surface area contributed by atoms with Crippen molar-refractivity contribution in [1.82, 2.24) is 25.4 Å². The first kappa shape index (κ1) is 32.3. The molecular formula is C28H29ClF3N5O5. The first-order valence-corrected chi connectivity index (χ1v) is 13.3. The summed E-state index contributed by atoms with van der Waals surface area (Å²) in [5.74, 6) is -3.27. The number of aliphatic carboxylic acids is 2. The number of nitrogens with one attached hydrogen (secondary N) is 2. The van der Waals surface area contributed by atoms with E-state index in [0.717, 1.165) is 61.3 Å². The van der Waals surface area contributed by atoms with Gasteiger partial charge < -0.3 is 20.8 Å². The number of hydrogen-bond acceptors (Lipinski definition) is 6. The van der Waals surface area contributed by atoms with Crippen LogP contribution in [-0.2, 0) is 22.3 Å². The minimum atomic E-state index is -4.68. The molecule has 0 spiro atoms. The van der Waals surface area contributed by atoms with E-state index in [1.165, 1.54) is 0 Å². The number of piperidine rings is 1. The monoisotopic (exact) mass is 607 g/mol. The second kappa shape index (κ2) is 14.6. The van der Waals surface area contributed by atoms with Crippen molar-refractivity contribution < 1.29 is 37.8 Å². The fraction of sp³-hybridized carbons (Fsp3) is 0.321. The van der Waals surface area contributed by atoms with Gasteiger partial charge in [0.15, 0.2) is 0 Å². The van der Waals surface area contributed by atoms with Crippen molar-refractivity contribution in [2.45, 2.75) is 51.0 Å². The van der Waals surface area contributed by atoms with Crippen LogP contribution in [0.2, 0.25) is 5.02 Å². The summed E-state index contributed by atoms with van der Waals surface area (Å²) >= 11 is 5.96. The van der Waals surface area contributed by atoms with Crippen molar-refractivity contribution in [3.05, 3.63) is 82.9 Å². The van der Waals surface area contributed by atoms with Crippen LogP contribution in [0.4, 0.5) is 13.2 Å². The molecular weight excluding hydrogens is 579 g/mol. The number of aryl methyl sites for hydroxylation is 1. The molecule has 1 fully saturated rings. The Morgan fingerprint density at radius 2 is 1.88 bits per heavy atom. The van der Waals surface area contributed by atoms with Gasteiger partial charge in [-0.1, -0.05) is 36.2 Å². The Bertz CT molecular complexity index is 1420. The number of hydrogen-bond donors (Lipinski definition) is 4. The largest absolute Gasteiger partial charge is 0.478 e. The van der Waals surface area contributed by atoms with Gasteiger partial charge in [0, 0.05) is 42.7 Å². The predicted molar refractivity (Wildman–Crippen MR) is 148 cm³/mol. The van der Waals surface area contributed by atoms with Crippen LogP contribution in [0.5, 0.6) is 0 Å². The smallest absolute Gasteiger partial charge is 0.417 e. The predicted octanol–water partition coefficient (Wildman–Crippen LogP) is 4.96. The number of halogens is 4. The van der Waals surface area contributed by atoms with E-state index in [9.17, 15) is 27.6 Å². The topological polar surface area (TPSA) is 146 Å². The van der Waals surface area contributed by atoms with Crippen LogP contribution in [-0.4, -0.2) is 55.4 Å². The van der Waals surface area contributed by atoms with Crippen LogP contribution >= 0.6 is 11.6 Å². The lowest BCUT2D eigenvalue weighted by Gasteiger charge is -2.32. The van der Waals surface area contributed by atoms with Crippen molar-refractivity contribution in [2.75, 3.05) is 6.54 Å². The van der Waals surface area contributed by atoms with Crippen molar-refractivity contribution >= 4 is 29.4 Å². The molecule has 1 amide bonds. The highest BCUT2D eigenvalue weighted by molar-refractivity contribution is 6.34. The van der Waals surface area contributed by atoms with Crippen LogP contribution in [0.1, 0.15) is 53.8 Å². The number of aromatic nitrogens is 3. The zero-order chi connectivity index (χ0) is 30.9. The number of alkyl halides is 3. The molecule has 2 atom stereocenters. The zero-order valence-electron chi connectivity index (χ0n) is 22.4. The molecule has 1 saturated heterocycles. The molecule has 14 heteroatoms. The van der Waals surface area contributed by atoms with E-state index in [1.54, 1.807) is 6.20 Å². The van der Waals surface area contributed by atoms with Gasteiger partial charge in [-0.05, 0) is 49.6 Å². The number of carboxylic acids is 2. The first-order chi connectivity index (χ1) is 19.9. The summed E-state index contributed by atoms with van der Waals surface area (Å²) in [6, 6.07) is 7.91. The molecule has 1 aliphatic heterocycles. The van der Waals surface area contributed by atoms with E-state index in [-0.39, 0.29) is 6.04 Å². The van der Waals surface area contributed by atoms with Crippen LogP contribution in [0, 0.1) is 0 Å². The van der Waals surface area contributed by atoms with Gasteiger partial charge in [0.25, 0.3) is 5.91 Å². The molecule has 0 aliphatic carbocycles. The standard InChI is InChI=1S/C24H25ClF3N5O.C4H4O4/c1-2-33-14-17(13-31-33)15-6-5-7-16(12-15)21(19-8-3-4-10-29-19)32-23(34)22-20(25)18(9-11-30-22)24(26,27)28;5-3(6)1-2-4(7)8/h5-7,9,11-14,19,21,29H,2-4,8,10H2,1H3,(H,32,34);1-2H,(H,5,6)(H,7,8)/b;2-1+/t19-,21?;/m0./s1. The maximum Gasteiger partial charge on any atom is 0.417 e. The summed E-state index contributed by atoms with van der Waals surface area (Å²) < 4.78 is 41.7. The van der Waals surface area contributed by atoms with Crippen molar-refractivity contribution in [3.8, 4) is 11.1 Å². The Morgan fingerprint density at radius 3 is 2.45 bits per heavy atom. The Morgan fingerprint density at radius 1 is 1.17 bits per heavy atom. The fourth-order valence-corrected chi connectivity index (χ4v) is 4.65. The highest BCUT2D eigenvalue weighted by Crippen LogP contribution is 2.36. The number of carboxylic acid groups (broad SMARTS) is 2. The summed E-state index contributed by atoms with van der Waals surface area (Å²) in [4.78, 5) is 36.1. The Balaban J connectivity index is 0.000000531. The molecule has 0 saturated carbocycles. The number of nitrogens with zero attached hydrogens (tertiary/aromatic N) is 3. The van der Waals surface area contributed by atoms with E-state index in [0.29, 0.717) is 12.2 Å². The molecule has 1 aromatic carbocycles. The van der Waals surface area contributed by atoms with Gasteiger partial charge >= 0.3 is 18.1 Å². The second-order valence-electron chi connectivity index (χ2n) is 9.25. The lowest BCUT2D eigenvalue weighted by atomic mass is 9.91. The molecule has 3 aromatic rings. The van der Waals surface area contributed by atoms with E-state index in [4.69, 9.17) is 21.8 Å². The zero-order valence-corrected chi connectivity index (χ0v) is 23.2. The third-order valence-corrected chi connectivity index (χ3v) is 6.73. The van der Waals surface area contributed by atoms with E-state index >= 15 is 0 Å². The lowest BCUT2D eigenvalue weighted by Crippen LogP contribution is -2.46. The van der Waals surface area contributed by atoms with Crippen molar-refractivity contribution in [3.63, 3.8) is 0 Å². The summed E-state index contributed by atoms with van der Waals surface area (Å²) in [5.41, 5.74) is 1.17. The molecule has 0 bridgehead atoms. The Labute approximate surface area is 244 Å². The number of amides is 1. The van der Waals surface area contributed by atoms with E-state index < -0.39 is 46.3 Å². The van der Waals surface area contributed by atoms with Crippen LogP contribution < -0.4 is 10.6 Å². The van der Waals surface area contributed by atoms with Gasteiger partial charge in [-0.15, -0.1) is 0 Å². The van der Waals surface area contributed by atoms with Gasteiger partial charge in [-0.2, -0.15) is 18.3 Å². The summed E-state index contributed by atoms with van der Waals surface area (Å²) in [6.45, 7) is 3.54. The molecule has 2 aromatic heterocycles. The minimum absolute atomic E-state index is 0.0871. The Kier molecular flexibility index (Phi) is 11.2. The second-order valence-corrected chi connectivity index (χ2v) is 9.62. The number of carbonyl (C=O) groups excluding carboxylic acids is 1. The van der Waals surface area contributed by atoms with Gasteiger partial charge in [-0.3, -0.25) is 9.48 Å². The minimum Gasteiger partial charge on any atom is -0.478 e. The number of carbonyl (C=O) groups is 3. The van der Waals surface area contributed by atoms with E-state index in [1.807, 2.05) is 42.1 Å². The number of rotatable bonds is 8. The molecule has 224 valence electrons. The maximum atomic E-state index is 13.3. The molecule has 1 unspecified atom stereocenters. The molecule has 4 rings (SSSR count). The number of benzene rings is 1. The lowest BCUT2D eigenvalue weighted by molar-refractivity contribution is -0.137. The third kappa shape index (κ3) is 8.88. The van der Waals surface area contributed by atoms with Gasteiger partial charge in [0.1, 0.15) is 5.69 Å². The highest BCUT2D eigenvalue weighted by atomic mass is 35.5. The summed E-state index contributed by atoms with van der Waals surface area (Å²) in [6.07, 6.45) is 3.92. The normalized spacial score (nSPS) is 15.9. The quantitative estimate of drug-likeness (QED) is 0.263. The van der Waals surface area contributed by atoms with Crippen LogP contribution in [0.25, 0.3) is 11.1 Å². The molecule has 0 radical (unpaired) electrons. The van der Waals surface area contributed by atoms with Crippen molar-refractivity contribution in [2.24, 2.45) is 0 Å². The summed E-state index contributed by atoms with van der Waals surface area (Å²) in [5, 5.41) is 25.6. The molecule has 1 aliphatic rings. The van der Waals surface area contributed by atoms with Gasteiger partial charge in [-0.25, -0.2) is 14.6 Å². The maximum absolute atomic E-state index is 13.3. The van der Waals surface area contributed by atoms with Gasteiger partial charge in [0.05, 0.1) is 22.8 Å². The van der Waals surface area contributed by atoms with Gasteiger partial charge in [0.2, 0.25) is 0 Å². The molecule has 10 nitrogen and oxygen atoms in total. The Hall–Kier alpha value is -4.23. The average molecular weight is 608 g/mol. The number of pyridine rings is 1. The molecule has 42 heavy (non-hydrogen) atoms. The molecule has 4 N–H and O–H groups in total. The van der Waals surface area contributed by atoms with E-state index in [2.05, 4.69) is 20.7 Å². The third-order valence-electron chi connectivity index (χ3n) is 6.35. The first-order valence-electron chi connectivity index (χ1n) is 12.9. The van der Waals surface area contributed by atoms with Crippen molar-refractivity contribution in [1.29, 1.82) is 0 Å². The van der Waals surface area contributed by atoms with Crippen LogP contribution in [0.3, 0.4) is 0 Å². The summed E-state index contributed by atoms with van der Waals surface area (Å²) in [7, 11) is 0. The highest BCUT2D eigenvalue weighted by Gasteiger charge is 2.36. The molecule has 3 heterocycles. The average Bonchev–Trinajstić information content (AvgIpc) is 3.45. The SMILES string of the molecule is CCn1cc(-c2cccc(C(NC(=O)c3nccc(C(F)(F)F)c3Cl)[C@@H]3CCCCN3)c2)cn1.O=C(O)/C=C/C(=O)O. The van der Waals surface area contributed by atoms with Crippen LogP contribution in [0.15, 0.2) is 61.1 Å².